The van der Waals surface area contributed by atoms with Gasteiger partial charge in [0.2, 0.25) is 5.91 Å². The lowest BCUT2D eigenvalue weighted by Crippen LogP contribution is -2.56. The second-order valence-electron chi connectivity index (χ2n) is 4.01. The molecule has 1 aromatic rings. The summed E-state index contributed by atoms with van der Waals surface area (Å²) in [5, 5.41) is 8.03. The highest BCUT2D eigenvalue weighted by molar-refractivity contribution is 8.03. The van der Waals surface area contributed by atoms with Crippen molar-refractivity contribution in [2.24, 2.45) is 17.4 Å². The summed E-state index contributed by atoms with van der Waals surface area (Å²) in [4.78, 5) is 11.4. The van der Waals surface area contributed by atoms with Gasteiger partial charge in [-0.05, 0) is 25.0 Å². The van der Waals surface area contributed by atoms with E-state index in [1.54, 1.807) is 11.8 Å². The average molecular weight is 290 g/mol. The number of nitrogens with zero attached hydrogens (tertiary/aromatic N) is 2. The summed E-state index contributed by atoms with van der Waals surface area (Å²) >= 11 is 4.54. The first kappa shape index (κ1) is 13.1. The molecule has 4 N–H and O–H groups in total. The van der Waals surface area contributed by atoms with Gasteiger partial charge in [0, 0.05) is 5.75 Å². The molecule has 0 bridgehead atoms. The normalized spacial score (nSPS) is 18.9. The molecule has 17 heavy (non-hydrogen) atoms. The first-order chi connectivity index (χ1) is 8.06. The molecule has 1 aromatic heterocycles. The van der Waals surface area contributed by atoms with Crippen LogP contribution in [0.4, 0.5) is 0 Å². The first-order valence-corrected chi connectivity index (χ1v) is 8.18. The number of amides is 1. The molecular weight excluding hydrogens is 276 g/mol. The molecule has 1 aliphatic carbocycles. The molecule has 1 unspecified atom stereocenters. The van der Waals surface area contributed by atoms with Crippen LogP contribution < -0.4 is 11.5 Å². The van der Waals surface area contributed by atoms with Gasteiger partial charge >= 0.3 is 0 Å². The van der Waals surface area contributed by atoms with Crippen LogP contribution in [0.15, 0.2) is 8.68 Å². The van der Waals surface area contributed by atoms with Crippen molar-refractivity contribution in [1.29, 1.82) is 0 Å². The Hall–Kier alpha value is -0.310. The molecule has 2 rings (SSSR count). The zero-order valence-electron chi connectivity index (χ0n) is 9.38. The van der Waals surface area contributed by atoms with Crippen LogP contribution in [0.3, 0.4) is 0 Å². The fourth-order valence-corrected chi connectivity index (χ4v) is 4.16. The van der Waals surface area contributed by atoms with Crippen LogP contribution in [0, 0.1) is 5.92 Å². The van der Waals surface area contributed by atoms with Gasteiger partial charge in [-0.2, -0.15) is 0 Å². The minimum atomic E-state index is -0.893. The van der Waals surface area contributed by atoms with E-state index in [4.69, 9.17) is 11.5 Å². The fraction of sp³-hybridized carbons (Fsp3) is 0.667. The second kappa shape index (κ2) is 5.13. The first-order valence-electron chi connectivity index (χ1n) is 5.15. The van der Waals surface area contributed by atoms with Crippen molar-refractivity contribution in [3.8, 4) is 0 Å². The van der Waals surface area contributed by atoms with E-state index >= 15 is 0 Å². The Morgan fingerprint density at radius 3 is 2.65 bits per heavy atom. The van der Waals surface area contributed by atoms with Crippen molar-refractivity contribution in [1.82, 2.24) is 10.2 Å². The molecule has 0 aliphatic heterocycles. The predicted molar refractivity (Wildman–Crippen MR) is 71.3 cm³/mol. The minimum absolute atomic E-state index is 0.237. The van der Waals surface area contributed by atoms with E-state index in [2.05, 4.69) is 10.2 Å². The van der Waals surface area contributed by atoms with Gasteiger partial charge < -0.3 is 11.5 Å². The van der Waals surface area contributed by atoms with Crippen LogP contribution in [0.1, 0.15) is 12.8 Å². The number of carbonyl (C=O) groups is 1. The third-order valence-corrected chi connectivity index (χ3v) is 6.01. The third-order valence-electron chi connectivity index (χ3n) is 2.76. The van der Waals surface area contributed by atoms with Crippen LogP contribution in [0.5, 0.6) is 0 Å². The Balaban J connectivity index is 1.97. The Labute approximate surface area is 112 Å². The van der Waals surface area contributed by atoms with Gasteiger partial charge in [0.1, 0.15) is 5.54 Å². The monoisotopic (exact) mass is 290 g/mol. The van der Waals surface area contributed by atoms with Gasteiger partial charge in [-0.1, -0.05) is 34.9 Å². The molecule has 0 radical (unpaired) electrons. The van der Waals surface area contributed by atoms with Crippen molar-refractivity contribution < 1.29 is 4.79 Å². The summed E-state index contributed by atoms with van der Waals surface area (Å²) in [6, 6.07) is 0. The van der Waals surface area contributed by atoms with Crippen molar-refractivity contribution in [3.63, 3.8) is 0 Å². The highest BCUT2D eigenvalue weighted by atomic mass is 32.2. The molecular formula is C9H14N4OS3. The van der Waals surface area contributed by atoms with E-state index in [9.17, 15) is 4.79 Å². The molecule has 1 fully saturated rings. The highest BCUT2D eigenvalue weighted by Crippen LogP contribution is 2.41. The summed E-state index contributed by atoms with van der Waals surface area (Å²) in [5.41, 5.74) is 10.6. The smallest absolute Gasteiger partial charge is 0.238 e. The van der Waals surface area contributed by atoms with Crippen molar-refractivity contribution in [2.75, 3.05) is 12.0 Å². The highest BCUT2D eigenvalue weighted by Gasteiger charge is 2.46. The molecule has 1 aliphatic rings. The summed E-state index contributed by atoms with van der Waals surface area (Å²) in [7, 11) is 0. The van der Waals surface area contributed by atoms with Gasteiger partial charge in [-0.15, -0.1) is 10.2 Å². The van der Waals surface area contributed by atoms with E-state index in [0.29, 0.717) is 5.75 Å². The summed E-state index contributed by atoms with van der Waals surface area (Å²) in [5.74, 6) is 0.304. The van der Waals surface area contributed by atoms with E-state index in [-0.39, 0.29) is 5.92 Å². The SMILES string of the molecule is CSc1nnc(SCC(N)(C(N)=O)C2CC2)s1. The van der Waals surface area contributed by atoms with E-state index in [1.807, 2.05) is 6.26 Å². The maximum atomic E-state index is 11.4. The van der Waals surface area contributed by atoms with Crippen LogP contribution >= 0.6 is 34.9 Å². The van der Waals surface area contributed by atoms with Gasteiger partial charge in [-0.3, -0.25) is 4.79 Å². The lowest BCUT2D eigenvalue weighted by molar-refractivity contribution is -0.123. The van der Waals surface area contributed by atoms with E-state index < -0.39 is 11.4 Å². The number of hydrogen-bond donors (Lipinski definition) is 2. The Bertz CT molecular complexity index is 420. The van der Waals surface area contributed by atoms with Gasteiger partial charge in [0.05, 0.1) is 0 Å². The number of carbonyl (C=O) groups excluding carboxylic acids is 1. The number of thioether (sulfide) groups is 2. The zero-order chi connectivity index (χ0) is 12.5. The van der Waals surface area contributed by atoms with Crippen LogP contribution in [0.25, 0.3) is 0 Å². The van der Waals surface area contributed by atoms with Gasteiger partial charge in [0.15, 0.2) is 8.68 Å². The predicted octanol–water partition coefficient (Wildman–Crippen LogP) is 0.945. The van der Waals surface area contributed by atoms with Gasteiger partial charge in [-0.25, -0.2) is 0 Å². The molecule has 1 amide bonds. The minimum Gasteiger partial charge on any atom is -0.368 e. The fourth-order valence-electron chi connectivity index (χ4n) is 1.51. The van der Waals surface area contributed by atoms with Gasteiger partial charge in [0.25, 0.3) is 0 Å². The average Bonchev–Trinajstić information content (AvgIpc) is 3.06. The summed E-state index contributed by atoms with van der Waals surface area (Å²) < 4.78 is 1.76. The second-order valence-corrected chi connectivity index (χ2v) is 7.26. The van der Waals surface area contributed by atoms with Crippen LogP contribution in [-0.2, 0) is 4.79 Å². The third kappa shape index (κ3) is 2.93. The Morgan fingerprint density at radius 2 is 2.18 bits per heavy atom. The van der Waals surface area contributed by atoms with Crippen LogP contribution in [0.2, 0.25) is 0 Å². The number of hydrogen-bond acceptors (Lipinski definition) is 7. The number of rotatable bonds is 6. The van der Waals surface area contributed by atoms with Crippen molar-refractivity contribution in [3.05, 3.63) is 0 Å². The molecule has 0 saturated heterocycles. The van der Waals surface area contributed by atoms with E-state index in [1.165, 1.54) is 23.1 Å². The number of aromatic nitrogens is 2. The molecule has 8 heteroatoms. The number of primary amides is 1. The summed E-state index contributed by atoms with van der Waals surface area (Å²) in [6.45, 7) is 0. The molecule has 1 atom stereocenters. The quantitative estimate of drug-likeness (QED) is 0.757. The topological polar surface area (TPSA) is 94.9 Å². The standard InChI is InChI=1S/C9H14N4OS3/c1-15-7-12-13-8(17-7)16-4-9(11,6(10)14)5-2-3-5/h5H,2-4,11H2,1H3,(H2,10,14). The van der Waals surface area contributed by atoms with Crippen molar-refractivity contribution in [2.45, 2.75) is 27.1 Å². The molecule has 1 heterocycles. The Kier molecular flexibility index (Phi) is 3.96. The lowest BCUT2D eigenvalue weighted by atomic mass is 9.96. The molecule has 0 aromatic carbocycles. The number of nitrogens with two attached hydrogens (primary N) is 2. The van der Waals surface area contributed by atoms with Crippen molar-refractivity contribution >= 4 is 40.8 Å². The molecule has 94 valence electrons. The molecule has 5 nitrogen and oxygen atoms in total. The molecule has 1 saturated carbocycles. The van der Waals surface area contributed by atoms with E-state index in [0.717, 1.165) is 21.5 Å². The zero-order valence-corrected chi connectivity index (χ0v) is 11.8. The lowest BCUT2D eigenvalue weighted by Gasteiger charge is -2.24. The maximum absolute atomic E-state index is 11.4. The largest absolute Gasteiger partial charge is 0.368 e. The summed E-state index contributed by atoms with van der Waals surface area (Å²) in [6.07, 6.45) is 3.94. The molecule has 0 spiro atoms. The van der Waals surface area contributed by atoms with Crippen LogP contribution in [-0.4, -0.2) is 33.7 Å². The Morgan fingerprint density at radius 1 is 1.53 bits per heavy atom. The maximum Gasteiger partial charge on any atom is 0.238 e.